The van der Waals surface area contributed by atoms with Gasteiger partial charge in [-0.15, -0.1) is 15.0 Å². The van der Waals surface area contributed by atoms with Crippen molar-refractivity contribution < 1.29 is 19.4 Å². The van der Waals surface area contributed by atoms with Crippen LogP contribution in [0.15, 0.2) is 60.7 Å². The van der Waals surface area contributed by atoms with Crippen molar-refractivity contribution in [2.75, 3.05) is 0 Å². The van der Waals surface area contributed by atoms with Gasteiger partial charge in [0.05, 0.1) is 0 Å². The number of para-hydroxylation sites is 1. The number of esters is 1. The highest BCUT2D eigenvalue weighted by Crippen LogP contribution is 2.16. The van der Waals surface area contributed by atoms with E-state index in [1.807, 2.05) is 6.07 Å². The van der Waals surface area contributed by atoms with Gasteiger partial charge < -0.3 is 9.84 Å². The Labute approximate surface area is 136 Å². The summed E-state index contributed by atoms with van der Waals surface area (Å²) < 4.78 is 5.06. The van der Waals surface area contributed by atoms with Gasteiger partial charge in [0.15, 0.2) is 0 Å². The van der Waals surface area contributed by atoms with Crippen LogP contribution in [-0.4, -0.2) is 32.0 Å². The lowest BCUT2D eigenvalue weighted by molar-refractivity contribution is -0.129. The van der Waals surface area contributed by atoms with Gasteiger partial charge in [-0.25, -0.2) is 4.79 Å². The number of hydrogen-bond donors (Lipinski definition) is 1. The lowest BCUT2D eigenvalue weighted by Crippen LogP contribution is -2.13. The molecule has 0 saturated carbocycles. The number of carbonyl (C=O) groups excluding carboxylic acids is 2. The second-order valence-electron chi connectivity index (χ2n) is 4.90. The number of hydrogen-bond acceptors (Lipinski definition) is 6. The van der Waals surface area contributed by atoms with Gasteiger partial charge in [0.25, 0.3) is 5.91 Å². The molecule has 24 heavy (non-hydrogen) atoms. The van der Waals surface area contributed by atoms with E-state index in [1.165, 1.54) is 24.3 Å². The second-order valence-corrected chi connectivity index (χ2v) is 4.90. The maximum absolute atomic E-state index is 12.0. The van der Waals surface area contributed by atoms with Crippen LogP contribution in [0.2, 0.25) is 0 Å². The summed E-state index contributed by atoms with van der Waals surface area (Å²) in [5, 5.41) is 17.4. The largest absolute Gasteiger partial charge is 0.508 e. The highest BCUT2D eigenvalue weighted by Gasteiger charge is 2.09. The number of fused-ring (bicyclic) bond motifs is 1. The van der Waals surface area contributed by atoms with Crippen molar-refractivity contribution in [2.24, 2.45) is 0 Å². The minimum atomic E-state index is -0.572. The van der Waals surface area contributed by atoms with Gasteiger partial charge in [-0.2, -0.15) is 0 Å². The Morgan fingerprint density at radius 2 is 1.83 bits per heavy atom. The van der Waals surface area contributed by atoms with Crippen LogP contribution in [-0.2, 0) is 4.79 Å². The number of rotatable bonds is 4. The molecule has 7 nitrogen and oxygen atoms in total. The Bertz CT molecular complexity index is 916. The van der Waals surface area contributed by atoms with Gasteiger partial charge in [-0.1, -0.05) is 24.3 Å². The lowest BCUT2D eigenvalue weighted by atomic mass is 10.3. The Morgan fingerprint density at radius 3 is 2.62 bits per heavy atom. The molecule has 0 spiro atoms. The molecular formula is C17H13N3O4. The average molecular weight is 323 g/mol. The Kier molecular flexibility index (Phi) is 4.33. The smallest absolute Gasteiger partial charge is 0.335 e. The molecule has 1 N–H and O–H groups in total. The van der Waals surface area contributed by atoms with E-state index >= 15 is 0 Å². The van der Waals surface area contributed by atoms with Crippen LogP contribution < -0.4 is 4.74 Å². The molecule has 0 aliphatic carbocycles. The van der Waals surface area contributed by atoms with Gasteiger partial charge in [-0.3, -0.25) is 4.79 Å². The number of allylic oxidation sites excluding steroid dienone is 1. The predicted molar refractivity (Wildman–Crippen MR) is 85.7 cm³/mol. The highest BCUT2D eigenvalue weighted by molar-refractivity contribution is 5.86. The molecule has 3 rings (SSSR count). The number of phenolic OH excluding ortho intramolecular Hbond substituents is 1. The van der Waals surface area contributed by atoms with Gasteiger partial charge in [0.2, 0.25) is 0 Å². The fraction of sp³-hybridized carbons (Fsp3) is 0.0588. The van der Waals surface area contributed by atoms with Crippen LogP contribution in [0, 0.1) is 0 Å². The first-order chi connectivity index (χ1) is 11.6. The van der Waals surface area contributed by atoms with E-state index < -0.39 is 11.9 Å². The molecule has 0 atom stereocenters. The Hall–Kier alpha value is -3.48. The number of carbonyl (C=O) groups is 2. The number of aromatic hydroxyl groups is 1. The van der Waals surface area contributed by atoms with Crippen molar-refractivity contribution in [1.29, 1.82) is 0 Å². The van der Waals surface area contributed by atoms with Gasteiger partial charge in [0, 0.05) is 18.6 Å². The molecule has 0 aliphatic rings. The number of aromatic nitrogens is 3. The molecule has 0 unspecified atom stereocenters. The first kappa shape index (κ1) is 15.4. The molecule has 0 amide bonds. The molecule has 0 radical (unpaired) electrons. The summed E-state index contributed by atoms with van der Waals surface area (Å²) in [7, 11) is 0. The zero-order chi connectivity index (χ0) is 16.9. The predicted octanol–water partition coefficient (Wildman–Crippen LogP) is 2.33. The summed E-state index contributed by atoms with van der Waals surface area (Å²) in [5.74, 6) is -0.504. The Morgan fingerprint density at radius 1 is 1.08 bits per heavy atom. The summed E-state index contributed by atoms with van der Waals surface area (Å²) in [5.41, 5.74) is 0.907. The summed E-state index contributed by atoms with van der Waals surface area (Å²) >= 11 is 0. The molecule has 2 aromatic carbocycles. The Balaban J connectivity index is 1.60. The lowest BCUT2D eigenvalue weighted by Gasteiger charge is -1.99. The monoisotopic (exact) mass is 323 g/mol. The summed E-state index contributed by atoms with van der Waals surface area (Å²) in [6, 6.07) is 13.1. The quantitative estimate of drug-likeness (QED) is 0.450. The van der Waals surface area contributed by atoms with E-state index in [1.54, 1.807) is 30.3 Å². The third-order valence-electron chi connectivity index (χ3n) is 3.10. The number of ether oxygens (including phenoxy) is 1. The molecule has 0 saturated heterocycles. The highest BCUT2D eigenvalue weighted by atomic mass is 16.5. The van der Waals surface area contributed by atoms with Crippen LogP contribution in [0.4, 0.5) is 0 Å². The molecule has 0 fully saturated rings. The van der Waals surface area contributed by atoms with Crippen LogP contribution in [0.1, 0.15) is 11.2 Å². The third kappa shape index (κ3) is 3.64. The minimum Gasteiger partial charge on any atom is -0.508 e. The number of nitrogens with zero attached hydrogens (tertiary/aromatic N) is 3. The number of phenols is 1. The molecule has 120 valence electrons. The van der Waals surface area contributed by atoms with Gasteiger partial charge in [-0.05, 0) is 24.3 Å². The molecule has 0 bridgehead atoms. The second kappa shape index (κ2) is 6.74. The van der Waals surface area contributed by atoms with Crippen LogP contribution in [0.5, 0.6) is 11.5 Å². The van der Waals surface area contributed by atoms with Crippen molar-refractivity contribution in [3.63, 3.8) is 0 Å². The molecule has 1 aromatic heterocycles. The topological polar surface area (TPSA) is 94.3 Å². The zero-order valence-electron chi connectivity index (χ0n) is 12.5. The van der Waals surface area contributed by atoms with E-state index in [-0.39, 0.29) is 12.2 Å². The minimum absolute atomic E-state index is 0.0468. The van der Waals surface area contributed by atoms with E-state index in [0.717, 1.165) is 4.80 Å². The van der Waals surface area contributed by atoms with Gasteiger partial charge in [0.1, 0.15) is 22.5 Å². The molecule has 3 aromatic rings. The van der Waals surface area contributed by atoms with E-state index in [9.17, 15) is 14.7 Å². The molecule has 0 aliphatic heterocycles. The van der Waals surface area contributed by atoms with Gasteiger partial charge >= 0.3 is 5.97 Å². The fourth-order valence-electron chi connectivity index (χ4n) is 1.99. The first-order valence-electron chi connectivity index (χ1n) is 7.14. The third-order valence-corrected chi connectivity index (χ3v) is 3.10. The maximum Gasteiger partial charge on any atom is 0.335 e. The van der Waals surface area contributed by atoms with Crippen molar-refractivity contribution >= 4 is 22.9 Å². The van der Waals surface area contributed by atoms with Crippen LogP contribution >= 0.6 is 0 Å². The molecule has 1 heterocycles. The van der Waals surface area contributed by atoms with Crippen molar-refractivity contribution in [3.05, 3.63) is 60.7 Å². The van der Waals surface area contributed by atoms with Crippen molar-refractivity contribution in [1.82, 2.24) is 15.0 Å². The maximum atomic E-state index is 12.0. The average Bonchev–Trinajstić information content (AvgIpc) is 2.99. The zero-order valence-corrected chi connectivity index (χ0v) is 12.5. The van der Waals surface area contributed by atoms with Crippen molar-refractivity contribution in [3.8, 4) is 11.5 Å². The normalized spacial score (nSPS) is 11.0. The van der Waals surface area contributed by atoms with Crippen LogP contribution in [0.25, 0.3) is 11.0 Å². The molecule has 7 heteroatoms. The fourth-order valence-corrected chi connectivity index (χ4v) is 1.99. The van der Waals surface area contributed by atoms with Crippen molar-refractivity contribution in [2.45, 2.75) is 6.42 Å². The standard InChI is InChI=1S/C17H13N3O4/c21-12-9-10-14-15(11-12)19-20(18-14)16(22)7-4-8-17(23)24-13-5-2-1-3-6-13/h1-6,8-11,21H,7H2. The SMILES string of the molecule is O=C(C=CCC(=O)n1nc2ccc(O)cc2n1)Oc1ccccc1. The molecular weight excluding hydrogens is 310 g/mol. The summed E-state index contributed by atoms with van der Waals surface area (Å²) in [6.45, 7) is 0. The first-order valence-corrected chi connectivity index (χ1v) is 7.14. The number of benzene rings is 2. The van der Waals surface area contributed by atoms with E-state index in [4.69, 9.17) is 4.74 Å². The summed E-state index contributed by atoms with van der Waals surface area (Å²) in [6.07, 6.45) is 2.51. The van der Waals surface area contributed by atoms with Crippen LogP contribution in [0.3, 0.4) is 0 Å². The van der Waals surface area contributed by atoms with E-state index in [2.05, 4.69) is 10.2 Å². The van der Waals surface area contributed by atoms with E-state index in [0.29, 0.717) is 16.8 Å². The summed E-state index contributed by atoms with van der Waals surface area (Å²) in [4.78, 5) is 24.6.